The molecule has 1 unspecified atom stereocenters. The largest absolute Gasteiger partial charge is 0.389 e. The van der Waals surface area contributed by atoms with Crippen molar-refractivity contribution in [2.24, 2.45) is 5.92 Å². The average molecular weight is 238 g/mol. The van der Waals surface area contributed by atoms with Gasteiger partial charge in [-0.1, -0.05) is 52.0 Å². The molecule has 1 aliphatic rings. The second-order valence-corrected chi connectivity index (χ2v) is 4.53. The molecule has 3 heteroatoms. The molecule has 0 radical (unpaired) electrons. The molecule has 0 aromatic rings. The van der Waals surface area contributed by atoms with Crippen molar-refractivity contribution in [3.63, 3.8) is 0 Å². The van der Waals surface area contributed by atoms with Crippen molar-refractivity contribution in [1.29, 1.82) is 0 Å². The Morgan fingerprint density at radius 3 is 2.47 bits per heavy atom. The Balaban J connectivity index is 2.42. The molecule has 1 atom stereocenters. The van der Waals surface area contributed by atoms with Gasteiger partial charge in [0.05, 0.1) is 5.92 Å². The van der Waals surface area contributed by atoms with Gasteiger partial charge >= 0.3 is 11.9 Å². The maximum atomic E-state index is 11.5. The van der Waals surface area contributed by atoms with Gasteiger partial charge in [-0.15, -0.1) is 0 Å². The molecule has 3 nitrogen and oxygen atoms in total. The number of carbonyl (C=O) groups excluding carboxylic acids is 2. The van der Waals surface area contributed by atoms with Crippen LogP contribution in [0.4, 0.5) is 0 Å². The Morgan fingerprint density at radius 1 is 1.12 bits per heavy atom. The zero-order valence-electron chi connectivity index (χ0n) is 10.8. The predicted molar refractivity (Wildman–Crippen MR) is 66.3 cm³/mol. The van der Waals surface area contributed by atoms with E-state index in [0.29, 0.717) is 5.57 Å². The molecule has 1 fully saturated rings. The third kappa shape index (κ3) is 3.99. The first-order valence-electron chi connectivity index (χ1n) is 6.66. The van der Waals surface area contributed by atoms with Gasteiger partial charge < -0.3 is 4.74 Å². The highest BCUT2D eigenvalue weighted by Crippen LogP contribution is 2.28. The first-order valence-corrected chi connectivity index (χ1v) is 6.66. The lowest BCUT2D eigenvalue weighted by Gasteiger charge is -2.06. The van der Waals surface area contributed by atoms with Crippen molar-refractivity contribution >= 4 is 11.9 Å². The second-order valence-electron chi connectivity index (χ2n) is 4.53. The summed E-state index contributed by atoms with van der Waals surface area (Å²) in [6, 6.07) is 0. The first kappa shape index (κ1) is 13.9. The van der Waals surface area contributed by atoms with E-state index in [2.05, 4.69) is 11.7 Å². The van der Waals surface area contributed by atoms with Crippen LogP contribution < -0.4 is 0 Å². The molecular weight excluding hydrogens is 216 g/mol. The normalized spacial score (nSPS) is 22.2. The van der Waals surface area contributed by atoms with Crippen LogP contribution in [0, 0.1) is 5.92 Å². The van der Waals surface area contributed by atoms with Crippen molar-refractivity contribution in [2.45, 2.75) is 58.8 Å². The van der Waals surface area contributed by atoms with Gasteiger partial charge in [-0.3, -0.25) is 4.79 Å². The minimum atomic E-state index is -0.435. The Kier molecular flexibility index (Phi) is 5.95. The quantitative estimate of drug-likeness (QED) is 0.295. The van der Waals surface area contributed by atoms with E-state index in [9.17, 15) is 9.59 Å². The van der Waals surface area contributed by atoms with Crippen LogP contribution in [0.2, 0.25) is 0 Å². The summed E-state index contributed by atoms with van der Waals surface area (Å²) in [5.41, 5.74) is 0.577. The summed E-state index contributed by atoms with van der Waals surface area (Å²) in [6.45, 7) is 4.14. The topological polar surface area (TPSA) is 43.4 Å². The molecule has 1 rings (SSSR count). The van der Waals surface area contributed by atoms with E-state index in [-0.39, 0.29) is 11.9 Å². The first-order chi connectivity index (χ1) is 8.20. The fourth-order valence-electron chi connectivity index (χ4n) is 2.16. The van der Waals surface area contributed by atoms with E-state index in [0.717, 1.165) is 25.7 Å². The van der Waals surface area contributed by atoms with E-state index in [4.69, 9.17) is 0 Å². The van der Waals surface area contributed by atoms with Crippen LogP contribution in [-0.4, -0.2) is 11.9 Å². The number of carbonyl (C=O) groups is 2. The zero-order valence-corrected chi connectivity index (χ0v) is 10.8. The lowest BCUT2D eigenvalue weighted by molar-refractivity contribution is -0.152. The molecule has 1 heterocycles. The van der Waals surface area contributed by atoms with Crippen LogP contribution in [0.5, 0.6) is 0 Å². The van der Waals surface area contributed by atoms with Crippen molar-refractivity contribution in [3.05, 3.63) is 11.6 Å². The predicted octanol–water partition coefficient (Wildman–Crippen LogP) is 3.38. The summed E-state index contributed by atoms with van der Waals surface area (Å²) in [4.78, 5) is 22.9. The van der Waals surface area contributed by atoms with Gasteiger partial charge in [0.25, 0.3) is 0 Å². The number of unbranched alkanes of at least 4 members (excludes halogenated alkanes) is 4. The third-order valence-electron chi connectivity index (χ3n) is 3.11. The molecule has 0 amide bonds. The molecule has 0 N–H and O–H groups in total. The van der Waals surface area contributed by atoms with Crippen LogP contribution in [0.25, 0.3) is 0 Å². The molecule has 96 valence electrons. The van der Waals surface area contributed by atoms with Crippen LogP contribution in [0.3, 0.4) is 0 Å². The highest BCUT2D eigenvalue weighted by Gasteiger charge is 2.37. The maximum absolute atomic E-state index is 11.5. The van der Waals surface area contributed by atoms with Crippen LogP contribution in [0.15, 0.2) is 11.6 Å². The highest BCUT2D eigenvalue weighted by molar-refractivity contribution is 6.07. The Bertz CT molecular complexity index is 305. The molecular formula is C14H22O3. The molecule has 0 bridgehead atoms. The summed E-state index contributed by atoms with van der Waals surface area (Å²) in [6.07, 6.45) is 9.13. The fourth-order valence-corrected chi connectivity index (χ4v) is 2.16. The Labute approximate surface area is 103 Å². The molecule has 1 saturated heterocycles. The maximum Gasteiger partial charge on any atom is 0.342 e. The summed E-state index contributed by atoms with van der Waals surface area (Å²) in [5, 5.41) is 0. The van der Waals surface area contributed by atoms with Crippen LogP contribution >= 0.6 is 0 Å². The van der Waals surface area contributed by atoms with Gasteiger partial charge in [0.1, 0.15) is 0 Å². The lowest BCUT2D eigenvalue weighted by Crippen LogP contribution is -2.09. The van der Waals surface area contributed by atoms with E-state index >= 15 is 0 Å². The summed E-state index contributed by atoms with van der Waals surface area (Å²) in [5.74, 6) is -1.09. The fraction of sp³-hybridized carbons (Fsp3) is 0.714. The minimum Gasteiger partial charge on any atom is -0.389 e. The molecule has 0 saturated carbocycles. The lowest BCUT2D eigenvalue weighted by atomic mass is 9.94. The molecule has 0 aromatic carbocycles. The number of hydrogen-bond donors (Lipinski definition) is 0. The van der Waals surface area contributed by atoms with Crippen LogP contribution in [-0.2, 0) is 14.3 Å². The molecule has 0 aliphatic carbocycles. The van der Waals surface area contributed by atoms with E-state index in [1.807, 2.05) is 13.0 Å². The van der Waals surface area contributed by atoms with E-state index < -0.39 is 5.97 Å². The number of cyclic esters (lactones) is 2. The zero-order chi connectivity index (χ0) is 12.7. The standard InChI is InChI=1S/C14H22O3/c1-3-5-6-7-8-10-12-11(9-4-2)13(15)17-14(12)16/h9,12H,3-8,10H2,1-2H3. The Hall–Kier alpha value is -1.12. The molecule has 1 aliphatic heterocycles. The second kappa shape index (κ2) is 7.25. The molecule has 0 aromatic heterocycles. The van der Waals surface area contributed by atoms with Gasteiger partial charge in [-0.25, -0.2) is 4.79 Å². The summed E-state index contributed by atoms with van der Waals surface area (Å²) >= 11 is 0. The molecule has 0 spiro atoms. The average Bonchev–Trinajstić information content (AvgIpc) is 2.56. The SMILES string of the molecule is CCC=C1C(=O)OC(=O)C1CCCCCCC. The monoisotopic (exact) mass is 238 g/mol. The number of ether oxygens (including phenoxy) is 1. The van der Waals surface area contributed by atoms with Gasteiger partial charge in [0.2, 0.25) is 0 Å². The molecule has 17 heavy (non-hydrogen) atoms. The number of hydrogen-bond acceptors (Lipinski definition) is 3. The van der Waals surface area contributed by atoms with E-state index in [1.165, 1.54) is 19.3 Å². The number of allylic oxidation sites excluding steroid dienone is 1. The number of esters is 2. The highest BCUT2D eigenvalue weighted by atomic mass is 16.6. The van der Waals surface area contributed by atoms with Crippen molar-refractivity contribution < 1.29 is 14.3 Å². The van der Waals surface area contributed by atoms with Gasteiger partial charge in [0.15, 0.2) is 0 Å². The summed E-state index contributed by atoms with van der Waals surface area (Å²) in [7, 11) is 0. The van der Waals surface area contributed by atoms with E-state index in [1.54, 1.807) is 0 Å². The van der Waals surface area contributed by atoms with Crippen molar-refractivity contribution in [1.82, 2.24) is 0 Å². The number of rotatable bonds is 7. The van der Waals surface area contributed by atoms with Gasteiger partial charge in [-0.2, -0.15) is 0 Å². The van der Waals surface area contributed by atoms with Gasteiger partial charge in [0, 0.05) is 5.57 Å². The third-order valence-corrected chi connectivity index (χ3v) is 3.11. The smallest absolute Gasteiger partial charge is 0.342 e. The van der Waals surface area contributed by atoms with Gasteiger partial charge in [-0.05, 0) is 12.8 Å². The Morgan fingerprint density at radius 2 is 1.82 bits per heavy atom. The summed E-state index contributed by atoms with van der Waals surface area (Å²) < 4.78 is 4.67. The van der Waals surface area contributed by atoms with Crippen molar-refractivity contribution in [3.8, 4) is 0 Å². The van der Waals surface area contributed by atoms with Crippen molar-refractivity contribution in [2.75, 3.05) is 0 Å². The van der Waals surface area contributed by atoms with Crippen LogP contribution in [0.1, 0.15) is 58.8 Å². The minimum absolute atomic E-state index is 0.302.